The molecule has 1 aromatic heterocycles. The molecular formula is C19H17Cl2F3N2O2. The third-order valence-corrected chi connectivity index (χ3v) is 5.63. The Morgan fingerprint density at radius 2 is 1.96 bits per heavy atom. The van der Waals surface area contributed by atoms with Crippen molar-refractivity contribution in [1.82, 2.24) is 9.88 Å². The topological polar surface area (TPSA) is 53.4 Å². The zero-order valence-electron chi connectivity index (χ0n) is 14.8. The fourth-order valence-electron chi connectivity index (χ4n) is 3.53. The van der Waals surface area contributed by atoms with Crippen molar-refractivity contribution in [2.24, 2.45) is 0 Å². The maximum absolute atomic E-state index is 13.0. The molecule has 1 amide bonds. The van der Waals surface area contributed by atoms with Crippen LogP contribution < -0.4 is 0 Å². The van der Waals surface area contributed by atoms with Gasteiger partial charge in [-0.25, -0.2) is 0 Å². The Labute approximate surface area is 169 Å². The summed E-state index contributed by atoms with van der Waals surface area (Å²) < 4.78 is 38.9. The van der Waals surface area contributed by atoms with E-state index >= 15 is 0 Å². The highest BCUT2D eigenvalue weighted by molar-refractivity contribution is 6.36. The number of fused-ring (bicyclic) bond motifs is 1. The number of pyridine rings is 1. The van der Waals surface area contributed by atoms with E-state index in [1.807, 2.05) is 0 Å². The molecule has 9 heteroatoms. The maximum Gasteiger partial charge on any atom is 0.418 e. The lowest BCUT2D eigenvalue weighted by Crippen LogP contribution is -2.40. The first-order valence-corrected chi connectivity index (χ1v) is 9.30. The molecule has 2 heterocycles. The minimum Gasteiger partial charge on any atom is -0.379 e. The van der Waals surface area contributed by atoms with Gasteiger partial charge in [0.25, 0.3) is 0 Å². The number of amides is 1. The molecule has 0 fully saturated rings. The first-order chi connectivity index (χ1) is 13.1. The third kappa shape index (κ3) is 3.97. The largest absolute Gasteiger partial charge is 0.418 e. The standard InChI is InChI=1S/C19H17Cl2F3N2O2/c1-10-11-3-2-4-13(18(28)19(22,23)24)12(11)5-6-26(10)17(27)7-14-15(20)8-25-9-16(14)21/h2-4,8-10,18,28H,5-7H2,1H3/t10-,18-/m0/s1. The number of carbonyl (C=O) groups is 1. The Kier molecular flexibility index (Phi) is 5.89. The average molecular weight is 433 g/mol. The lowest BCUT2D eigenvalue weighted by Gasteiger charge is -2.37. The molecule has 1 N–H and O–H groups in total. The second kappa shape index (κ2) is 7.89. The summed E-state index contributed by atoms with van der Waals surface area (Å²) in [4.78, 5) is 18.3. The normalized spacial score (nSPS) is 18.0. The van der Waals surface area contributed by atoms with Crippen LogP contribution in [0.1, 0.15) is 41.3 Å². The van der Waals surface area contributed by atoms with Gasteiger partial charge in [0.15, 0.2) is 6.10 Å². The summed E-state index contributed by atoms with van der Waals surface area (Å²) in [5.74, 6) is -0.241. The average Bonchev–Trinajstić information content (AvgIpc) is 2.63. The summed E-state index contributed by atoms with van der Waals surface area (Å²) in [6.07, 6.45) is -4.32. The molecule has 3 rings (SSSR count). The van der Waals surface area contributed by atoms with Crippen LogP contribution in [0, 0.1) is 0 Å². The number of benzene rings is 1. The van der Waals surface area contributed by atoms with Crippen molar-refractivity contribution in [3.05, 3.63) is 62.9 Å². The monoisotopic (exact) mass is 432 g/mol. The molecule has 0 saturated heterocycles. The molecule has 0 aliphatic carbocycles. The molecular weight excluding hydrogens is 416 g/mol. The van der Waals surface area contributed by atoms with Gasteiger partial charge in [-0.2, -0.15) is 13.2 Å². The number of carbonyl (C=O) groups excluding carboxylic acids is 1. The molecule has 2 atom stereocenters. The van der Waals surface area contributed by atoms with E-state index in [2.05, 4.69) is 4.98 Å². The summed E-state index contributed by atoms with van der Waals surface area (Å²) in [6.45, 7) is 1.98. The number of hydrogen-bond donors (Lipinski definition) is 1. The number of rotatable bonds is 3. The maximum atomic E-state index is 13.0. The number of aliphatic hydroxyl groups is 1. The second-order valence-corrected chi connectivity index (χ2v) is 7.45. The Morgan fingerprint density at radius 1 is 1.32 bits per heavy atom. The van der Waals surface area contributed by atoms with Gasteiger partial charge in [-0.3, -0.25) is 9.78 Å². The molecule has 0 saturated carbocycles. The van der Waals surface area contributed by atoms with Gasteiger partial charge in [0.1, 0.15) is 0 Å². The van der Waals surface area contributed by atoms with Crippen molar-refractivity contribution < 1.29 is 23.1 Å². The molecule has 1 aliphatic heterocycles. The summed E-state index contributed by atoms with van der Waals surface area (Å²) in [5.41, 5.74) is 1.32. The zero-order chi connectivity index (χ0) is 20.6. The fourth-order valence-corrected chi connectivity index (χ4v) is 4.03. The van der Waals surface area contributed by atoms with Crippen LogP contribution in [0.15, 0.2) is 30.6 Å². The van der Waals surface area contributed by atoms with Crippen molar-refractivity contribution in [2.45, 2.75) is 38.1 Å². The SMILES string of the molecule is C[C@H]1c2cccc([C@H](O)C(F)(F)F)c2CCN1C(=O)Cc1c(Cl)cncc1Cl. The van der Waals surface area contributed by atoms with Crippen LogP contribution in [-0.2, 0) is 17.6 Å². The lowest BCUT2D eigenvalue weighted by molar-refractivity contribution is -0.207. The van der Waals surface area contributed by atoms with Crippen LogP contribution in [0.5, 0.6) is 0 Å². The number of halogens is 5. The molecule has 0 spiro atoms. The van der Waals surface area contributed by atoms with E-state index in [4.69, 9.17) is 23.2 Å². The van der Waals surface area contributed by atoms with E-state index in [0.29, 0.717) is 16.7 Å². The van der Waals surface area contributed by atoms with Gasteiger partial charge in [-0.1, -0.05) is 41.4 Å². The highest BCUT2D eigenvalue weighted by Gasteiger charge is 2.42. The van der Waals surface area contributed by atoms with Crippen LogP contribution in [0.4, 0.5) is 13.2 Å². The number of aromatic nitrogens is 1. The van der Waals surface area contributed by atoms with E-state index in [-0.39, 0.29) is 40.9 Å². The Hall–Kier alpha value is -1.83. The van der Waals surface area contributed by atoms with Gasteiger partial charge >= 0.3 is 6.18 Å². The van der Waals surface area contributed by atoms with Crippen LogP contribution in [-0.4, -0.2) is 33.6 Å². The second-order valence-electron chi connectivity index (χ2n) is 6.63. The van der Waals surface area contributed by atoms with E-state index in [1.54, 1.807) is 17.9 Å². The first-order valence-electron chi connectivity index (χ1n) is 8.55. The predicted octanol–water partition coefficient (Wildman–Crippen LogP) is 4.67. The summed E-state index contributed by atoms with van der Waals surface area (Å²) in [7, 11) is 0. The van der Waals surface area contributed by atoms with E-state index in [9.17, 15) is 23.1 Å². The molecule has 0 radical (unpaired) electrons. The third-order valence-electron chi connectivity index (χ3n) is 4.97. The lowest BCUT2D eigenvalue weighted by atomic mass is 9.87. The number of aliphatic hydroxyl groups excluding tert-OH is 1. The van der Waals surface area contributed by atoms with Gasteiger partial charge in [-0.15, -0.1) is 0 Å². The molecule has 2 aromatic rings. The molecule has 4 nitrogen and oxygen atoms in total. The highest BCUT2D eigenvalue weighted by Crippen LogP contribution is 2.39. The van der Waals surface area contributed by atoms with Crippen LogP contribution in [0.25, 0.3) is 0 Å². The van der Waals surface area contributed by atoms with Crippen LogP contribution >= 0.6 is 23.2 Å². The van der Waals surface area contributed by atoms with Gasteiger partial charge in [0.05, 0.1) is 22.5 Å². The fraction of sp³-hybridized carbons (Fsp3) is 0.368. The van der Waals surface area contributed by atoms with Gasteiger partial charge in [0, 0.05) is 24.5 Å². The molecule has 1 aliphatic rings. The molecule has 0 unspecified atom stereocenters. The van der Waals surface area contributed by atoms with E-state index < -0.39 is 18.3 Å². The van der Waals surface area contributed by atoms with E-state index in [1.165, 1.54) is 24.5 Å². The van der Waals surface area contributed by atoms with Gasteiger partial charge < -0.3 is 10.0 Å². The highest BCUT2D eigenvalue weighted by atomic mass is 35.5. The number of hydrogen-bond acceptors (Lipinski definition) is 3. The number of alkyl halides is 3. The quantitative estimate of drug-likeness (QED) is 0.766. The Morgan fingerprint density at radius 3 is 2.57 bits per heavy atom. The van der Waals surface area contributed by atoms with E-state index in [0.717, 1.165) is 0 Å². The van der Waals surface area contributed by atoms with Crippen molar-refractivity contribution >= 4 is 29.1 Å². The molecule has 28 heavy (non-hydrogen) atoms. The minimum atomic E-state index is -4.75. The zero-order valence-corrected chi connectivity index (χ0v) is 16.3. The summed E-state index contributed by atoms with van der Waals surface area (Å²) >= 11 is 12.2. The molecule has 0 bridgehead atoms. The summed E-state index contributed by atoms with van der Waals surface area (Å²) in [6, 6.07) is 3.97. The smallest absolute Gasteiger partial charge is 0.379 e. The number of nitrogens with zero attached hydrogens (tertiary/aromatic N) is 2. The Balaban J connectivity index is 1.87. The minimum absolute atomic E-state index is 0.0370. The first kappa shape index (κ1) is 20.9. The van der Waals surface area contributed by atoms with Crippen molar-refractivity contribution in [3.63, 3.8) is 0 Å². The van der Waals surface area contributed by atoms with Crippen molar-refractivity contribution in [2.75, 3.05) is 6.54 Å². The van der Waals surface area contributed by atoms with Crippen molar-refractivity contribution in [3.8, 4) is 0 Å². The summed E-state index contributed by atoms with van der Waals surface area (Å²) in [5, 5.41) is 10.2. The van der Waals surface area contributed by atoms with Gasteiger partial charge in [-0.05, 0) is 30.0 Å². The predicted molar refractivity (Wildman–Crippen MR) is 99.2 cm³/mol. The van der Waals surface area contributed by atoms with Gasteiger partial charge in [0.2, 0.25) is 5.91 Å². The van der Waals surface area contributed by atoms with Crippen LogP contribution in [0.2, 0.25) is 10.0 Å². The Bertz CT molecular complexity index is 885. The van der Waals surface area contributed by atoms with Crippen molar-refractivity contribution in [1.29, 1.82) is 0 Å². The van der Waals surface area contributed by atoms with Crippen LogP contribution in [0.3, 0.4) is 0 Å². The molecule has 150 valence electrons. The molecule has 1 aromatic carbocycles.